The van der Waals surface area contributed by atoms with Crippen molar-refractivity contribution in [3.63, 3.8) is 0 Å². The molecule has 11 heteroatoms. The van der Waals surface area contributed by atoms with Gasteiger partial charge in [0, 0.05) is 24.6 Å². The fourth-order valence-corrected chi connectivity index (χ4v) is 3.14. The van der Waals surface area contributed by atoms with Crippen molar-refractivity contribution in [2.75, 3.05) is 11.1 Å². The van der Waals surface area contributed by atoms with Crippen molar-refractivity contribution < 1.29 is 18.0 Å². The van der Waals surface area contributed by atoms with Crippen molar-refractivity contribution in [1.82, 2.24) is 24.7 Å². The molecule has 2 aromatic heterocycles. The van der Waals surface area contributed by atoms with E-state index in [1.54, 1.807) is 16.8 Å². The molecule has 2 heterocycles. The van der Waals surface area contributed by atoms with Gasteiger partial charge in [-0.15, -0.1) is 16.8 Å². The van der Waals surface area contributed by atoms with Gasteiger partial charge in [-0.3, -0.25) is 14.3 Å². The fraction of sp³-hybridized carbons (Fsp3) is 0.167. The van der Waals surface area contributed by atoms with Crippen LogP contribution in [0.5, 0.6) is 0 Å². The molecule has 1 amide bonds. The lowest BCUT2D eigenvalue weighted by Crippen LogP contribution is -2.15. The maximum absolute atomic E-state index is 12.8. The Balaban J connectivity index is 1.69. The van der Waals surface area contributed by atoms with Crippen molar-refractivity contribution >= 4 is 23.4 Å². The Kier molecular flexibility index (Phi) is 6.27. The van der Waals surface area contributed by atoms with Crippen LogP contribution in [0.4, 0.5) is 18.9 Å². The number of thioether (sulfide) groups is 1. The molecule has 1 aromatic carbocycles. The zero-order valence-corrected chi connectivity index (χ0v) is 15.7. The average molecular weight is 420 g/mol. The van der Waals surface area contributed by atoms with Gasteiger partial charge in [-0.05, 0) is 18.2 Å². The smallest absolute Gasteiger partial charge is 0.325 e. The van der Waals surface area contributed by atoms with E-state index in [0.29, 0.717) is 23.2 Å². The van der Waals surface area contributed by atoms with Gasteiger partial charge in [0.05, 0.1) is 17.5 Å². The van der Waals surface area contributed by atoms with Crippen molar-refractivity contribution in [3.8, 4) is 11.5 Å². The van der Waals surface area contributed by atoms with Gasteiger partial charge in [-0.2, -0.15) is 13.2 Å². The van der Waals surface area contributed by atoms with Gasteiger partial charge < -0.3 is 5.32 Å². The standard InChI is InChI=1S/C18H15F3N6OS/c1-2-8-27-16(14-10-22-6-7-23-14)25-26-17(27)29-11-15(28)24-13-5-3-4-12(9-13)18(19,20)21/h2-7,9-10H,1,8,11H2,(H,24,28). The summed E-state index contributed by atoms with van der Waals surface area (Å²) in [7, 11) is 0. The van der Waals surface area contributed by atoms with E-state index in [-0.39, 0.29) is 11.4 Å². The van der Waals surface area contributed by atoms with Crippen molar-refractivity contribution in [1.29, 1.82) is 0 Å². The molecule has 0 aliphatic carbocycles. The van der Waals surface area contributed by atoms with E-state index in [4.69, 9.17) is 0 Å². The maximum atomic E-state index is 12.8. The van der Waals surface area contributed by atoms with Gasteiger partial charge in [-0.1, -0.05) is 23.9 Å². The number of amides is 1. The molecule has 0 aliphatic rings. The second-order valence-electron chi connectivity index (χ2n) is 5.71. The third-order valence-corrected chi connectivity index (χ3v) is 4.59. The normalized spacial score (nSPS) is 11.3. The third kappa shape index (κ3) is 5.19. The number of benzene rings is 1. The molecule has 0 fully saturated rings. The molecule has 0 unspecified atom stereocenters. The van der Waals surface area contributed by atoms with Crippen molar-refractivity contribution in [2.24, 2.45) is 0 Å². The monoisotopic (exact) mass is 420 g/mol. The molecule has 0 spiro atoms. The summed E-state index contributed by atoms with van der Waals surface area (Å²) in [6.45, 7) is 4.08. The van der Waals surface area contributed by atoms with Crippen LogP contribution < -0.4 is 5.32 Å². The Morgan fingerprint density at radius 2 is 2.10 bits per heavy atom. The highest BCUT2D eigenvalue weighted by atomic mass is 32.2. The molecule has 150 valence electrons. The van der Waals surface area contributed by atoms with E-state index in [0.717, 1.165) is 23.9 Å². The van der Waals surface area contributed by atoms with E-state index in [1.807, 2.05) is 0 Å². The first-order valence-electron chi connectivity index (χ1n) is 8.29. The van der Waals surface area contributed by atoms with Gasteiger partial charge in [0.1, 0.15) is 5.69 Å². The molecular formula is C18H15F3N6OS. The molecule has 0 bridgehead atoms. The summed E-state index contributed by atoms with van der Waals surface area (Å²) in [5.41, 5.74) is -0.248. The number of hydrogen-bond donors (Lipinski definition) is 1. The van der Waals surface area contributed by atoms with Crippen LogP contribution >= 0.6 is 11.8 Å². The Morgan fingerprint density at radius 1 is 1.28 bits per heavy atom. The fourth-order valence-electron chi connectivity index (χ4n) is 2.39. The minimum Gasteiger partial charge on any atom is -0.325 e. The summed E-state index contributed by atoms with van der Waals surface area (Å²) >= 11 is 1.10. The highest BCUT2D eigenvalue weighted by Gasteiger charge is 2.30. The summed E-state index contributed by atoms with van der Waals surface area (Å²) in [6, 6.07) is 4.45. The highest BCUT2D eigenvalue weighted by Crippen LogP contribution is 2.30. The number of carbonyl (C=O) groups excluding carboxylic acids is 1. The Bertz CT molecular complexity index is 1010. The van der Waals surface area contributed by atoms with Crippen LogP contribution in [0.25, 0.3) is 11.5 Å². The summed E-state index contributed by atoms with van der Waals surface area (Å²) in [6.07, 6.45) is 1.77. The number of carbonyl (C=O) groups is 1. The topological polar surface area (TPSA) is 85.6 Å². The van der Waals surface area contributed by atoms with Crippen molar-refractivity contribution in [2.45, 2.75) is 17.9 Å². The number of allylic oxidation sites excluding steroid dienone is 1. The summed E-state index contributed by atoms with van der Waals surface area (Å²) in [4.78, 5) is 20.4. The molecule has 0 atom stereocenters. The molecule has 3 rings (SSSR count). The SMILES string of the molecule is C=CCn1c(SCC(=O)Nc2cccc(C(F)(F)F)c2)nnc1-c1cnccn1. The van der Waals surface area contributed by atoms with Crippen molar-refractivity contribution in [3.05, 3.63) is 61.1 Å². The Morgan fingerprint density at radius 3 is 2.79 bits per heavy atom. The Hall–Kier alpha value is -3.21. The van der Waals surface area contributed by atoms with Crippen LogP contribution in [0.2, 0.25) is 0 Å². The maximum Gasteiger partial charge on any atom is 0.416 e. The van der Waals surface area contributed by atoms with E-state index in [9.17, 15) is 18.0 Å². The molecule has 7 nitrogen and oxygen atoms in total. The zero-order chi connectivity index (χ0) is 20.9. The molecule has 0 radical (unpaired) electrons. The molecule has 1 N–H and O–H groups in total. The van der Waals surface area contributed by atoms with E-state index < -0.39 is 17.6 Å². The molecule has 3 aromatic rings. The van der Waals surface area contributed by atoms with E-state index >= 15 is 0 Å². The minimum absolute atomic E-state index is 0.0635. The first-order chi connectivity index (χ1) is 13.9. The van der Waals surface area contributed by atoms with Crippen LogP contribution in [0, 0.1) is 0 Å². The lowest BCUT2D eigenvalue weighted by Gasteiger charge is -2.10. The molecular weight excluding hydrogens is 405 g/mol. The van der Waals surface area contributed by atoms with Gasteiger partial charge in [-0.25, -0.2) is 4.98 Å². The predicted molar refractivity (Wildman–Crippen MR) is 102 cm³/mol. The Labute approximate surface area is 168 Å². The molecule has 0 saturated carbocycles. The quantitative estimate of drug-likeness (QED) is 0.464. The third-order valence-electron chi connectivity index (χ3n) is 3.63. The minimum atomic E-state index is -4.48. The number of nitrogens with zero attached hydrogens (tertiary/aromatic N) is 5. The molecule has 0 saturated heterocycles. The van der Waals surface area contributed by atoms with E-state index in [2.05, 4.69) is 32.1 Å². The summed E-state index contributed by atoms with van der Waals surface area (Å²) in [5, 5.41) is 11.1. The number of aromatic nitrogens is 5. The molecule has 0 aliphatic heterocycles. The average Bonchev–Trinajstić information content (AvgIpc) is 3.09. The largest absolute Gasteiger partial charge is 0.416 e. The second kappa shape index (κ2) is 8.86. The van der Waals surface area contributed by atoms with E-state index in [1.165, 1.54) is 24.5 Å². The van der Waals surface area contributed by atoms with Gasteiger partial charge in [0.15, 0.2) is 11.0 Å². The number of rotatable bonds is 7. The summed E-state index contributed by atoms with van der Waals surface area (Å²) in [5.74, 6) is -0.0614. The van der Waals surface area contributed by atoms with Crippen LogP contribution in [0.1, 0.15) is 5.56 Å². The van der Waals surface area contributed by atoms with Gasteiger partial charge >= 0.3 is 6.18 Å². The van der Waals surface area contributed by atoms with Gasteiger partial charge in [0.2, 0.25) is 5.91 Å². The number of nitrogens with one attached hydrogen (secondary N) is 1. The highest BCUT2D eigenvalue weighted by molar-refractivity contribution is 7.99. The van der Waals surface area contributed by atoms with Crippen LogP contribution in [-0.2, 0) is 17.5 Å². The second-order valence-corrected chi connectivity index (χ2v) is 6.65. The van der Waals surface area contributed by atoms with Crippen LogP contribution in [0.3, 0.4) is 0 Å². The summed E-state index contributed by atoms with van der Waals surface area (Å²) < 4.78 is 40.1. The van der Waals surface area contributed by atoms with Gasteiger partial charge in [0.25, 0.3) is 0 Å². The first kappa shape index (κ1) is 20.5. The number of alkyl halides is 3. The number of anilines is 1. The zero-order valence-electron chi connectivity index (χ0n) is 14.9. The number of hydrogen-bond acceptors (Lipinski definition) is 6. The lowest BCUT2D eigenvalue weighted by atomic mass is 10.2. The number of halogens is 3. The first-order valence-corrected chi connectivity index (χ1v) is 9.27. The lowest BCUT2D eigenvalue weighted by molar-refractivity contribution is -0.137. The van der Waals surface area contributed by atoms with Crippen LogP contribution in [0.15, 0.2) is 60.7 Å². The molecule has 29 heavy (non-hydrogen) atoms. The van der Waals surface area contributed by atoms with Crippen LogP contribution in [-0.4, -0.2) is 36.4 Å². The predicted octanol–water partition coefficient (Wildman–Crippen LogP) is 3.67.